The molecular formula is C30H36N4O4. The van der Waals surface area contributed by atoms with E-state index in [4.69, 9.17) is 14.2 Å². The lowest BCUT2D eigenvalue weighted by atomic mass is 9.96. The number of ether oxygens (including phenoxy) is 3. The first-order valence-corrected chi connectivity index (χ1v) is 12.8. The fraction of sp³-hybridized carbons (Fsp3) is 0.333. The molecule has 1 N–H and O–H groups in total. The van der Waals surface area contributed by atoms with Crippen molar-refractivity contribution in [1.82, 2.24) is 15.2 Å². The highest BCUT2D eigenvalue weighted by atomic mass is 16.5. The van der Waals surface area contributed by atoms with Gasteiger partial charge in [-0.05, 0) is 23.3 Å². The van der Waals surface area contributed by atoms with E-state index in [9.17, 15) is 4.79 Å². The molecule has 1 saturated heterocycles. The van der Waals surface area contributed by atoms with Crippen molar-refractivity contribution in [3.8, 4) is 17.2 Å². The average molecular weight is 517 g/mol. The lowest BCUT2D eigenvalue weighted by Gasteiger charge is -2.39. The number of rotatable bonds is 11. The minimum absolute atomic E-state index is 0.123. The maximum atomic E-state index is 12.4. The molecule has 1 aliphatic rings. The average Bonchev–Trinajstić information content (AvgIpc) is 2.97. The van der Waals surface area contributed by atoms with Crippen LogP contribution in [0.1, 0.15) is 29.2 Å². The van der Waals surface area contributed by atoms with Crippen LogP contribution in [0, 0.1) is 0 Å². The lowest BCUT2D eigenvalue weighted by Crippen LogP contribution is -2.48. The maximum Gasteiger partial charge on any atom is 0.241 e. The molecule has 38 heavy (non-hydrogen) atoms. The number of carbonyl (C=O) groups excluding carboxylic acids is 1. The zero-order chi connectivity index (χ0) is 26.7. The van der Waals surface area contributed by atoms with Crippen LogP contribution >= 0.6 is 0 Å². The van der Waals surface area contributed by atoms with E-state index < -0.39 is 0 Å². The standard InChI is InChI=1S/C30H36N4O4/c1-36-26-20-23(21-27(37-2)30(26)38-3)22-31-32-28(35)14-15-33-16-18-34(19-17-33)29(24-10-6-4-7-11-24)25-12-8-5-9-13-25/h4-13,20-22,29H,14-19H2,1-3H3,(H,32,35)/b31-22+. The van der Waals surface area contributed by atoms with Gasteiger partial charge in [-0.3, -0.25) is 9.69 Å². The van der Waals surface area contributed by atoms with E-state index in [-0.39, 0.29) is 11.9 Å². The molecular weight excluding hydrogens is 480 g/mol. The first-order valence-electron chi connectivity index (χ1n) is 12.8. The summed E-state index contributed by atoms with van der Waals surface area (Å²) in [6.07, 6.45) is 1.95. The van der Waals surface area contributed by atoms with Crippen LogP contribution in [0.4, 0.5) is 0 Å². The first-order chi connectivity index (χ1) is 18.6. The van der Waals surface area contributed by atoms with Crippen molar-refractivity contribution < 1.29 is 19.0 Å². The predicted octanol–water partition coefficient (Wildman–Crippen LogP) is 3.96. The van der Waals surface area contributed by atoms with E-state index in [2.05, 4.69) is 81.0 Å². The predicted molar refractivity (Wildman–Crippen MR) is 149 cm³/mol. The number of benzene rings is 3. The summed E-state index contributed by atoms with van der Waals surface area (Å²) in [5, 5.41) is 4.11. The molecule has 0 aromatic heterocycles. The molecule has 1 heterocycles. The highest BCUT2D eigenvalue weighted by Gasteiger charge is 2.26. The summed E-state index contributed by atoms with van der Waals surface area (Å²) in [4.78, 5) is 17.3. The zero-order valence-corrected chi connectivity index (χ0v) is 22.3. The Balaban J connectivity index is 1.27. The van der Waals surface area contributed by atoms with Gasteiger partial charge in [-0.15, -0.1) is 0 Å². The Hall–Kier alpha value is -3.88. The quantitative estimate of drug-likeness (QED) is 0.307. The topological polar surface area (TPSA) is 75.6 Å². The van der Waals surface area contributed by atoms with Crippen LogP contribution in [0.25, 0.3) is 0 Å². The normalized spacial score (nSPS) is 14.5. The largest absolute Gasteiger partial charge is 0.493 e. The van der Waals surface area contributed by atoms with E-state index in [1.165, 1.54) is 11.1 Å². The monoisotopic (exact) mass is 516 g/mol. The Kier molecular flexibility index (Phi) is 9.72. The summed E-state index contributed by atoms with van der Waals surface area (Å²) < 4.78 is 16.1. The Labute approximate surface area is 224 Å². The third-order valence-electron chi connectivity index (χ3n) is 6.75. The maximum absolute atomic E-state index is 12.4. The molecule has 0 aliphatic carbocycles. The van der Waals surface area contributed by atoms with Crippen LogP contribution in [-0.4, -0.2) is 76.0 Å². The van der Waals surface area contributed by atoms with Gasteiger partial charge < -0.3 is 19.1 Å². The summed E-state index contributed by atoms with van der Waals surface area (Å²) >= 11 is 0. The van der Waals surface area contributed by atoms with Gasteiger partial charge in [0.1, 0.15) is 0 Å². The van der Waals surface area contributed by atoms with Gasteiger partial charge in [0, 0.05) is 44.7 Å². The fourth-order valence-corrected chi connectivity index (χ4v) is 4.80. The van der Waals surface area contributed by atoms with E-state index in [0.717, 1.165) is 31.7 Å². The number of piperazine rings is 1. The minimum Gasteiger partial charge on any atom is -0.493 e. The molecule has 1 amide bonds. The third-order valence-corrected chi connectivity index (χ3v) is 6.75. The summed E-state index contributed by atoms with van der Waals surface area (Å²) in [7, 11) is 4.67. The van der Waals surface area contributed by atoms with Crippen molar-refractivity contribution in [3.05, 3.63) is 89.5 Å². The second kappa shape index (κ2) is 13.6. The molecule has 0 bridgehead atoms. The number of hydrogen-bond donors (Lipinski definition) is 1. The second-order valence-corrected chi connectivity index (χ2v) is 9.10. The molecule has 3 aromatic rings. The summed E-state index contributed by atoms with van der Waals surface area (Å²) in [6.45, 7) is 4.40. The molecule has 200 valence electrons. The smallest absolute Gasteiger partial charge is 0.241 e. The number of hydrazone groups is 1. The molecule has 0 radical (unpaired) electrons. The fourth-order valence-electron chi connectivity index (χ4n) is 4.80. The molecule has 1 fully saturated rings. The number of amides is 1. The van der Waals surface area contributed by atoms with Gasteiger partial charge in [-0.25, -0.2) is 5.43 Å². The number of carbonyl (C=O) groups is 1. The Bertz CT molecular complexity index is 1130. The van der Waals surface area contributed by atoms with Crippen molar-refractivity contribution in [2.24, 2.45) is 5.10 Å². The molecule has 0 saturated carbocycles. The van der Waals surface area contributed by atoms with Gasteiger partial charge in [0.15, 0.2) is 11.5 Å². The molecule has 0 unspecified atom stereocenters. The number of nitrogens with zero attached hydrogens (tertiary/aromatic N) is 3. The van der Waals surface area contributed by atoms with Crippen molar-refractivity contribution >= 4 is 12.1 Å². The van der Waals surface area contributed by atoms with Crippen molar-refractivity contribution in [2.45, 2.75) is 12.5 Å². The van der Waals surface area contributed by atoms with Gasteiger partial charge in [0.05, 0.1) is 33.6 Å². The van der Waals surface area contributed by atoms with E-state index in [1.807, 2.05) is 0 Å². The molecule has 0 spiro atoms. The van der Waals surface area contributed by atoms with Crippen LogP contribution in [0.5, 0.6) is 17.2 Å². The van der Waals surface area contributed by atoms with Gasteiger partial charge in [0.25, 0.3) is 0 Å². The Morgan fingerprint density at radius 3 is 1.92 bits per heavy atom. The van der Waals surface area contributed by atoms with Crippen LogP contribution in [-0.2, 0) is 4.79 Å². The first kappa shape index (κ1) is 27.2. The van der Waals surface area contributed by atoms with Crippen LogP contribution in [0.15, 0.2) is 77.9 Å². The van der Waals surface area contributed by atoms with Crippen LogP contribution in [0.3, 0.4) is 0 Å². The highest BCUT2D eigenvalue weighted by molar-refractivity contribution is 5.84. The molecule has 8 nitrogen and oxygen atoms in total. The zero-order valence-electron chi connectivity index (χ0n) is 22.3. The summed E-state index contributed by atoms with van der Waals surface area (Å²) in [5.41, 5.74) is 5.95. The van der Waals surface area contributed by atoms with Gasteiger partial charge in [-0.2, -0.15) is 5.10 Å². The minimum atomic E-state index is -0.123. The van der Waals surface area contributed by atoms with Crippen molar-refractivity contribution in [2.75, 3.05) is 54.1 Å². The van der Waals surface area contributed by atoms with E-state index in [1.54, 1.807) is 39.7 Å². The van der Waals surface area contributed by atoms with Gasteiger partial charge in [0.2, 0.25) is 11.7 Å². The number of hydrogen-bond acceptors (Lipinski definition) is 7. The van der Waals surface area contributed by atoms with Crippen molar-refractivity contribution in [3.63, 3.8) is 0 Å². The van der Waals surface area contributed by atoms with Crippen molar-refractivity contribution in [1.29, 1.82) is 0 Å². The molecule has 1 aliphatic heterocycles. The van der Waals surface area contributed by atoms with Gasteiger partial charge >= 0.3 is 0 Å². The molecule has 4 rings (SSSR count). The lowest BCUT2D eigenvalue weighted by molar-refractivity contribution is -0.121. The third kappa shape index (κ3) is 6.90. The summed E-state index contributed by atoms with van der Waals surface area (Å²) in [5.74, 6) is 1.44. The Morgan fingerprint density at radius 2 is 1.42 bits per heavy atom. The van der Waals surface area contributed by atoms with Gasteiger partial charge in [-0.1, -0.05) is 60.7 Å². The molecule has 0 atom stereocenters. The number of methoxy groups -OCH3 is 3. The van der Waals surface area contributed by atoms with Crippen LogP contribution < -0.4 is 19.6 Å². The van der Waals surface area contributed by atoms with Crippen LogP contribution in [0.2, 0.25) is 0 Å². The molecule has 8 heteroatoms. The van der Waals surface area contributed by atoms with E-state index in [0.29, 0.717) is 30.2 Å². The Morgan fingerprint density at radius 1 is 0.868 bits per heavy atom. The SMILES string of the molecule is COc1cc(/C=N/NC(=O)CCN2CCN(C(c3ccccc3)c3ccccc3)CC2)cc(OC)c1OC. The van der Waals surface area contributed by atoms with E-state index >= 15 is 0 Å². The second-order valence-electron chi connectivity index (χ2n) is 9.10. The molecule has 3 aromatic carbocycles. The summed E-state index contributed by atoms with van der Waals surface area (Å²) in [6, 6.07) is 25.1. The number of nitrogens with one attached hydrogen (secondary N) is 1. The highest BCUT2D eigenvalue weighted by Crippen LogP contribution is 2.37.